The lowest BCUT2D eigenvalue weighted by atomic mass is 9.85. The maximum absolute atomic E-state index is 13.0. The average molecular weight is 355 g/mol. The molecule has 2 aliphatic carbocycles. The van der Waals surface area contributed by atoms with Crippen LogP contribution in [0.15, 0.2) is 18.2 Å². The van der Waals surface area contributed by atoms with E-state index in [0.717, 1.165) is 25.5 Å². The smallest absolute Gasteiger partial charge is 0.317 e. The molecule has 0 aromatic heterocycles. The molecule has 0 saturated heterocycles. The van der Waals surface area contributed by atoms with E-state index in [-0.39, 0.29) is 35.1 Å². The maximum atomic E-state index is 13.0. The second kappa shape index (κ2) is 7.07. The Kier molecular flexibility index (Phi) is 5.06. The van der Waals surface area contributed by atoms with Gasteiger partial charge < -0.3 is 10.4 Å². The van der Waals surface area contributed by atoms with Gasteiger partial charge in [-0.25, -0.2) is 4.39 Å². The summed E-state index contributed by atoms with van der Waals surface area (Å²) in [6.45, 7) is 0.868. The molecule has 2 aliphatic rings. The Morgan fingerprint density at radius 2 is 2.04 bits per heavy atom. The molecule has 1 amide bonds. The number of nitrogens with zero attached hydrogens (tertiary/aromatic N) is 1. The summed E-state index contributed by atoms with van der Waals surface area (Å²) in [7, 11) is 0. The zero-order valence-corrected chi connectivity index (χ0v) is 13.9. The minimum absolute atomic E-state index is 0.000817. The van der Waals surface area contributed by atoms with Gasteiger partial charge in [0.25, 0.3) is 5.91 Å². The van der Waals surface area contributed by atoms with E-state index in [1.165, 1.54) is 25.0 Å². The number of halogens is 2. The molecule has 3 rings (SSSR count). The Morgan fingerprint density at radius 3 is 2.62 bits per heavy atom. The number of aliphatic carboxylic acids is 1. The molecule has 5 nitrogen and oxygen atoms in total. The van der Waals surface area contributed by atoms with Gasteiger partial charge in [0.2, 0.25) is 0 Å². The van der Waals surface area contributed by atoms with Crippen molar-refractivity contribution in [3.63, 3.8) is 0 Å². The summed E-state index contributed by atoms with van der Waals surface area (Å²) < 4.78 is 13.0. The van der Waals surface area contributed by atoms with Gasteiger partial charge in [0.15, 0.2) is 0 Å². The van der Waals surface area contributed by atoms with Crippen molar-refractivity contribution in [2.24, 2.45) is 5.92 Å². The number of hydrogen-bond donors (Lipinski definition) is 2. The van der Waals surface area contributed by atoms with E-state index in [1.54, 1.807) is 0 Å². The molecular weight excluding hydrogens is 335 g/mol. The van der Waals surface area contributed by atoms with Crippen LogP contribution in [0.2, 0.25) is 5.02 Å². The maximum Gasteiger partial charge on any atom is 0.317 e. The van der Waals surface area contributed by atoms with Gasteiger partial charge in [-0.3, -0.25) is 14.5 Å². The number of carbonyl (C=O) groups excluding carboxylic acids is 1. The van der Waals surface area contributed by atoms with E-state index in [0.29, 0.717) is 5.92 Å². The van der Waals surface area contributed by atoms with E-state index in [2.05, 4.69) is 5.32 Å². The van der Waals surface area contributed by atoms with Gasteiger partial charge in [-0.2, -0.15) is 0 Å². The van der Waals surface area contributed by atoms with Gasteiger partial charge >= 0.3 is 5.97 Å². The molecule has 0 radical (unpaired) electrons. The number of rotatable bonds is 7. The number of nitrogens with one attached hydrogen (secondary N) is 1. The second-order valence-electron chi connectivity index (χ2n) is 6.69. The minimum Gasteiger partial charge on any atom is -0.480 e. The van der Waals surface area contributed by atoms with E-state index in [9.17, 15) is 14.0 Å². The highest BCUT2D eigenvalue weighted by Crippen LogP contribution is 2.34. The van der Waals surface area contributed by atoms with Crippen LogP contribution in [0.4, 0.5) is 4.39 Å². The molecule has 24 heavy (non-hydrogen) atoms. The summed E-state index contributed by atoms with van der Waals surface area (Å²) in [5.41, 5.74) is 0.252. The summed E-state index contributed by atoms with van der Waals surface area (Å²) in [6, 6.07) is 3.88. The molecule has 2 saturated carbocycles. The number of hydrogen-bond acceptors (Lipinski definition) is 3. The van der Waals surface area contributed by atoms with Crippen molar-refractivity contribution in [1.82, 2.24) is 10.2 Å². The van der Waals surface area contributed by atoms with Gasteiger partial charge in [-0.1, -0.05) is 11.6 Å². The van der Waals surface area contributed by atoms with Crippen LogP contribution in [-0.4, -0.2) is 47.1 Å². The lowest BCUT2D eigenvalue weighted by molar-refractivity contribution is -0.139. The van der Waals surface area contributed by atoms with Crippen molar-refractivity contribution in [2.75, 3.05) is 13.1 Å². The second-order valence-corrected chi connectivity index (χ2v) is 7.09. The summed E-state index contributed by atoms with van der Waals surface area (Å²) in [5, 5.41) is 12.0. The van der Waals surface area contributed by atoms with Crippen molar-refractivity contribution in [3.05, 3.63) is 34.6 Å². The number of carboxylic acid groups (broad SMARTS) is 1. The summed E-state index contributed by atoms with van der Waals surface area (Å²) in [6.07, 6.45) is 3.80. The first-order valence-electron chi connectivity index (χ1n) is 8.14. The highest BCUT2D eigenvalue weighted by atomic mass is 35.5. The lowest BCUT2D eigenvalue weighted by Gasteiger charge is -2.42. The van der Waals surface area contributed by atoms with Gasteiger partial charge in [0.1, 0.15) is 5.82 Å². The van der Waals surface area contributed by atoms with Crippen LogP contribution in [0.3, 0.4) is 0 Å². The normalized spacial score (nSPS) is 23.0. The highest BCUT2D eigenvalue weighted by molar-refractivity contribution is 6.33. The molecule has 0 spiro atoms. The third-order valence-electron chi connectivity index (χ3n) is 4.67. The van der Waals surface area contributed by atoms with Crippen LogP contribution in [0.25, 0.3) is 0 Å². The topological polar surface area (TPSA) is 69.6 Å². The molecular formula is C17H20ClFN2O3. The molecule has 0 atom stereocenters. The Morgan fingerprint density at radius 1 is 1.33 bits per heavy atom. The van der Waals surface area contributed by atoms with E-state index >= 15 is 0 Å². The van der Waals surface area contributed by atoms with Crippen molar-refractivity contribution in [1.29, 1.82) is 0 Å². The van der Waals surface area contributed by atoms with Gasteiger partial charge in [0.05, 0.1) is 17.1 Å². The van der Waals surface area contributed by atoms with E-state index < -0.39 is 11.8 Å². The van der Waals surface area contributed by atoms with Crippen LogP contribution in [0, 0.1) is 11.7 Å². The van der Waals surface area contributed by atoms with Crippen LogP contribution in [-0.2, 0) is 4.79 Å². The molecule has 130 valence electrons. The zero-order valence-electron chi connectivity index (χ0n) is 13.2. The van der Waals surface area contributed by atoms with Crippen LogP contribution >= 0.6 is 11.6 Å². The first-order chi connectivity index (χ1) is 11.4. The molecule has 2 N–H and O–H groups in total. The third kappa shape index (κ3) is 4.24. The Bertz CT molecular complexity index is 645. The molecule has 0 heterocycles. The monoisotopic (exact) mass is 354 g/mol. The largest absolute Gasteiger partial charge is 0.480 e. The average Bonchev–Trinajstić information content (AvgIpc) is 3.24. The van der Waals surface area contributed by atoms with Crippen LogP contribution in [0.1, 0.15) is 36.0 Å². The standard InChI is InChI=1S/C17H20ClFN2O3/c18-15-5-11(19)3-4-14(15)17(24)20-12-6-13(7-12)21(9-16(22)23)8-10-1-2-10/h3-5,10,12-13H,1-2,6-9H2,(H,20,24)(H,22,23). The molecule has 1 aromatic rings. The summed E-state index contributed by atoms with van der Waals surface area (Å²) in [4.78, 5) is 25.2. The van der Waals surface area contributed by atoms with Crippen molar-refractivity contribution < 1.29 is 19.1 Å². The molecule has 0 bridgehead atoms. The fourth-order valence-corrected chi connectivity index (χ4v) is 3.34. The van der Waals surface area contributed by atoms with Crippen LogP contribution in [0.5, 0.6) is 0 Å². The number of benzene rings is 1. The number of amides is 1. The summed E-state index contributed by atoms with van der Waals surface area (Å²) in [5.74, 6) is -1.00. The van der Waals surface area contributed by atoms with Gasteiger partial charge in [-0.15, -0.1) is 0 Å². The summed E-state index contributed by atoms with van der Waals surface area (Å²) >= 11 is 5.90. The molecule has 2 fully saturated rings. The fraction of sp³-hybridized carbons (Fsp3) is 0.529. The fourth-order valence-electron chi connectivity index (χ4n) is 3.09. The minimum atomic E-state index is -0.818. The van der Waals surface area contributed by atoms with Crippen molar-refractivity contribution in [2.45, 2.75) is 37.8 Å². The number of carboxylic acids is 1. The predicted octanol–water partition coefficient (Wildman–Crippen LogP) is 2.54. The lowest BCUT2D eigenvalue weighted by Crippen LogP contribution is -2.55. The van der Waals surface area contributed by atoms with Gasteiger partial charge in [-0.05, 0) is 49.8 Å². The molecule has 0 aliphatic heterocycles. The Hall–Kier alpha value is -1.66. The third-order valence-corrected chi connectivity index (χ3v) is 4.98. The highest BCUT2D eigenvalue weighted by Gasteiger charge is 2.37. The van der Waals surface area contributed by atoms with Crippen LogP contribution < -0.4 is 5.32 Å². The van der Waals surface area contributed by atoms with E-state index in [1.807, 2.05) is 4.90 Å². The molecule has 1 aromatic carbocycles. The molecule has 0 unspecified atom stereocenters. The first kappa shape index (κ1) is 17.2. The van der Waals surface area contributed by atoms with Crippen molar-refractivity contribution in [3.8, 4) is 0 Å². The first-order valence-corrected chi connectivity index (χ1v) is 8.52. The van der Waals surface area contributed by atoms with E-state index in [4.69, 9.17) is 16.7 Å². The zero-order chi connectivity index (χ0) is 17.3. The quantitative estimate of drug-likeness (QED) is 0.789. The Labute approximate surface area is 144 Å². The predicted molar refractivity (Wildman–Crippen MR) is 87.6 cm³/mol. The van der Waals surface area contributed by atoms with Crippen molar-refractivity contribution >= 4 is 23.5 Å². The Balaban J connectivity index is 1.51. The van der Waals surface area contributed by atoms with Gasteiger partial charge in [0, 0.05) is 18.6 Å². The molecule has 7 heteroatoms. The SMILES string of the molecule is O=C(O)CN(CC1CC1)C1CC(NC(=O)c2ccc(F)cc2Cl)C1. The number of carbonyl (C=O) groups is 2.